The number of hydrogen-bond acceptors (Lipinski definition) is 3. The zero-order valence-corrected chi connectivity index (χ0v) is 12.9. The first-order valence-electron chi connectivity index (χ1n) is 7.41. The van der Waals surface area contributed by atoms with Crippen molar-refractivity contribution in [2.45, 2.75) is 31.8 Å². The lowest BCUT2D eigenvalue weighted by Gasteiger charge is -2.18. The third-order valence-corrected chi connectivity index (χ3v) is 3.94. The van der Waals surface area contributed by atoms with Gasteiger partial charge in [0.15, 0.2) is 0 Å². The van der Waals surface area contributed by atoms with E-state index in [2.05, 4.69) is 10.4 Å². The highest BCUT2D eigenvalue weighted by Gasteiger charge is 2.21. The van der Waals surface area contributed by atoms with Gasteiger partial charge >= 0.3 is 0 Å². The van der Waals surface area contributed by atoms with Crippen molar-refractivity contribution < 1.29 is 9.53 Å². The molecule has 2 aromatic rings. The van der Waals surface area contributed by atoms with E-state index >= 15 is 0 Å². The zero-order valence-electron chi connectivity index (χ0n) is 12.2. The van der Waals surface area contributed by atoms with E-state index in [4.69, 9.17) is 16.3 Å². The molecule has 1 N–H and O–H groups in total. The molecule has 22 heavy (non-hydrogen) atoms. The number of nitrogens with zero attached hydrogens (tertiary/aromatic N) is 2. The Morgan fingerprint density at radius 1 is 1.50 bits per heavy atom. The second kappa shape index (κ2) is 6.83. The minimum absolute atomic E-state index is 0.0169. The highest BCUT2D eigenvalue weighted by molar-refractivity contribution is 6.30. The molecular weight excluding hydrogens is 302 g/mol. The first-order valence-corrected chi connectivity index (χ1v) is 7.79. The van der Waals surface area contributed by atoms with Crippen molar-refractivity contribution in [3.05, 3.63) is 47.2 Å². The molecule has 0 saturated heterocycles. The maximum Gasteiger partial charge on any atom is 0.222 e. The summed E-state index contributed by atoms with van der Waals surface area (Å²) in [7, 11) is 0. The van der Waals surface area contributed by atoms with Crippen LogP contribution < -0.4 is 10.1 Å². The second-order valence-corrected chi connectivity index (χ2v) is 5.75. The summed E-state index contributed by atoms with van der Waals surface area (Å²) in [5.41, 5.74) is 0.995. The molecule has 1 aromatic carbocycles. The number of carbonyl (C=O) groups is 1. The van der Waals surface area contributed by atoms with Crippen molar-refractivity contribution >= 4 is 17.5 Å². The van der Waals surface area contributed by atoms with Crippen LogP contribution >= 0.6 is 11.6 Å². The van der Waals surface area contributed by atoms with Crippen molar-refractivity contribution in [2.75, 3.05) is 6.61 Å². The number of rotatable bonds is 4. The standard InChI is InChI=1S/C16H18ClN3O2/c17-12-4-5-13-14(3-1-10-22-15(13)11-12)19-16(21)6-9-20-8-2-7-18-20/h2,4-5,7-8,11,14H,1,3,6,9-10H2,(H,19,21). The number of fused-ring (bicyclic) bond motifs is 1. The van der Waals surface area contributed by atoms with Crippen LogP contribution in [0.4, 0.5) is 0 Å². The van der Waals surface area contributed by atoms with Gasteiger partial charge in [-0.15, -0.1) is 0 Å². The molecule has 6 heteroatoms. The third-order valence-electron chi connectivity index (χ3n) is 3.71. The van der Waals surface area contributed by atoms with Gasteiger partial charge in [-0.25, -0.2) is 0 Å². The van der Waals surface area contributed by atoms with Crippen LogP contribution in [0.1, 0.15) is 30.9 Å². The minimum Gasteiger partial charge on any atom is -0.493 e. The van der Waals surface area contributed by atoms with E-state index in [0.29, 0.717) is 24.6 Å². The zero-order chi connectivity index (χ0) is 15.4. The van der Waals surface area contributed by atoms with Crippen LogP contribution in [0, 0.1) is 0 Å². The van der Waals surface area contributed by atoms with Gasteiger partial charge in [-0.05, 0) is 31.0 Å². The summed E-state index contributed by atoms with van der Waals surface area (Å²) in [6, 6.07) is 7.39. The van der Waals surface area contributed by atoms with Crippen LogP contribution in [-0.4, -0.2) is 22.3 Å². The molecule has 1 aliphatic heterocycles. The molecule has 0 saturated carbocycles. The van der Waals surface area contributed by atoms with Crippen LogP contribution in [0.5, 0.6) is 5.75 Å². The van der Waals surface area contributed by atoms with E-state index in [-0.39, 0.29) is 11.9 Å². The first-order chi connectivity index (χ1) is 10.7. The van der Waals surface area contributed by atoms with Crippen LogP contribution in [-0.2, 0) is 11.3 Å². The molecule has 1 aliphatic rings. The number of hydrogen-bond donors (Lipinski definition) is 1. The van der Waals surface area contributed by atoms with Crippen molar-refractivity contribution in [3.8, 4) is 5.75 Å². The summed E-state index contributed by atoms with van der Waals surface area (Å²) in [4.78, 5) is 12.2. The van der Waals surface area contributed by atoms with Gasteiger partial charge in [0.05, 0.1) is 12.6 Å². The van der Waals surface area contributed by atoms with Crippen LogP contribution in [0.25, 0.3) is 0 Å². The third kappa shape index (κ3) is 3.60. The topological polar surface area (TPSA) is 56.2 Å². The highest BCUT2D eigenvalue weighted by atomic mass is 35.5. The number of halogens is 1. The Balaban J connectivity index is 1.65. The van der Waals surface area contributed by atoms with Gasteiger partial charge in [0, 0.05) is 35.9 Å². The molecule has 1 atom stereocenters. The number of ether oxygens (including phenoxy) is 1. The minimum atomic E-state index is -0.0279. The number of aryl methyl sites for hydroxylation is 1. The van der Waals surface area contributed by atoms with Crippen LogP contribution in [0.2, 0.25) is 5.02 Å². The SMILES string of the molecule is O=C(CCn1cccn1)NC1CCCOc2cc(Cl)ccc21. The smallest absolute Gasteiger partial charge is 0.222 e. The molecule has 1 aromatic heterocycles. The van der Waals surface area contributed by atoms with Crippen molar-refractivity contribution in [1.82, 2.24) is 15.1 Å². The van der Waals surface area contributed by atoms with Gasteiger partial charge in [-0.3, -0.25) is 9.48 Å². The number of amides is 1. The summed E-state index contributed by atoms with van der Waals surface area (Å²) in [5, 5.41) is 7.83. The van der Waals surface area contributed by atoms with E-state index < -0.39 is 0 Å². The van der Waals surface area contributed by atoms with E-state index in [1.165, 1.54) is 0 Å². The van der Waals surface area contributed by atoms with Gasteiger partial charge < -0.3 is 10.1 Å². The molecule has 0 spiro atoms. The summed E-state index contributed by atoms with van der Waals surface area (Å²) < 4.78 is 7.46. The fourth-order valence-electron chi connectivity index (χ4n) is 2.61. The predicted octanol–water partition coefficient (Wildman–Crippen LogP) is 2.96. The highest BCUT2D eigenvalue weighted by Crippen LogP contribution is 2.33. The van der Waals surface area contributed by atoms with Crippen molar-refractivity contribution in [3.63, 3.8) is 0 Å². The van der Waals surface area contributed by atoms with E-state index in [1.807, 2.05) is 30.5 Å². The Morgan fingerprint density at radius 2 is 2.41 bits per heavy atom. The Morgan fingerprint density at radius 3 is 3.23 bits per heavy atom. The Hall–Kier alpha value is -2.01. The van der Waals surface area contributed by atoms with Gasteiger partial charge in [0.2, 0.25) is 5.91 Å². The molecule has 2 heterocycles. The van der Waals surface area contributed by atoms with Crippen LogP contribution in [0.3, 0.4) is 0 Å². The predicted molar refractivity (Wildman–Crippen MR) is 83.9 cm³/mol. The van der Waals surface area contributed by atoms with Crippen molar-refractivity contribution in [2.24, 2.45) is 0 Å². The van der Waals surface area contributed by atoms with Gasteiger partial charge in [0.1, 0.15) is 5.75 Å². The molecule has 1 amide bonds. The summed E-state index contributed by atoms with van der Waals surface area (Å²) >= 11 is 6.01. The lowest BCUT2D eigenvalue weighted by Crippen LogP contribution is -2.29. The maximum atomic E-state index is 12.2. The lowest BCUT2D eigenvalue weighted by molar-refractivity contribution is -0.122. The maximum absolute atomic E-state index is 12.2. The van der Waals surface area contributed by atoms with E-state index in [0.717, 1.165) is 24.2 Å². The molecule has 0 aliphatic carbocycles. The number of benzene rings is 1. The number of aromatic nitrogens is 2. The Labute approximate surface area is 134 Å². The summed E-state index contributed by atoms with van der Waals surface area (Å²) in [6.45, 7) is 1.22. The lowest BCUT2D eigenvalue weighted by atomic mass is 10.0. The van der Waals surface area contributed by atoms with Gasteiger partial charge in [-0.1, -0.05) is 17.7 Å². The normalized spacial score (nSPS) is 17.2. The molecule has 0 fully saturated rings. The average molecular weight is 320 g/mol. The second-order valence-electron chi connectivity index (χ2n) is 5.31. The van der Waals surface area contributed by atoms with Gasteiger partial charge in [-0.2, -0.15) is 5.10 Å². The Kier molecular flexibility index (Phi) is 4.63. The first kappa shape index (κ1) is 14.9. The van der Waals surface area contributed by atoms with Crippen molar-refractivity contribution in [1.29, 1.82) is 0 Å². The summed E-state index contributed by atoms with van der Waals surface area (Å²) in [6.07, 6.45) is 5.73. The molecule has 0 radical (unpaired) electrons. The fraction of sp³-hybridized carbons (Fsp3) is 0.375. The fourth-order valence-corrected chi connectivity index (χ4v) is 2.77. The molecular formula is C16H18ClN3O2. The van der Waals surface area contributed by atoms with Crippen LogP contribution in [0.15, 0.2) is 36.7 Å². The molecule has 116 valence electrons. The number of carbonyl (C=O) groups excluding carboxylic acids is 1. The largest absolute Gasteiger partial charge is 0.493 e. The average Bonchev–Trinajstić information content (AvgIpc) is 2.95. The Bertz CT molecular complexity index is 643. The van der Waals surface area contributed by atoms with E-state index in [9.17, 15) is 4.79 Å². The van der Waals surface area contributed by atoms with E-state index in [1.54, 1.807) is 10.9 Å². The molecule has 0 bridgehead atoms. The quantitative estimate of drug-likeness (QED) is 0.942. The number of nitrogens with one attached hydrogen (secondary N) is 1. The molecule has 3 rings (SSSR count). The monoisotopic (exact) mass is 319 g/mol. The van der Waals surface area contributed by atoms with Gasteiger partial charge in [0.25, 0.3) is 0 Å². The molecule has 1 unspecified atom stereocenters. The molecule has 5 nitrogen and oxygen atoms in total. The summed E-state index contributed by atoms with van der Waals surface area (Å²) in [5.74, 6) is 0.783.